The van der Waals surface area contributed by atoms with E-state index in [0.717, 1.165) is 23.9 Å². The zero-order valence-corrected chi connectivity index (χ0v) is 11.1. The zero-order chi connectivity index (χ0) is 12.7. The van der Waals surface area contributed by atoms with Crippen LogP contribution >= 0.6 is 15.9 Å². The van der Waals surface area contributed by atoms with Gasteiger partial charge in [-0.15, -0.1) is 0 Å². The molecule has 1 rings (SSSR count). The van der Waals surface area contributed by atoms with Crippen LogP contribution in [0.5, 0.6) is 0 Å². The van der Waals surface area contributed by atoms with Crippen LogP contribution in [-0.4, -0.2) is 12.5 Å². The lowest BCUT2D eigenvalue weighted by Crippen LogP contribution is -2.17. The molecule has 1 amide bonds. The second-order valence-electron chi connectivity index (χ2n) is 3.84. The molecule has 1 aromatic carbocycles. The van der Waals surface area contributed by atoms with Gasteiger partial charge >= 0.3 is 0 Å². The number of nitrogens with one attached hydrogen (secondary N) is 1. The molecular formula is C12H16BrFN2O. The fourth-order valence-electron chi connectivity index (χ4n) is 1.45. The molecule has 0 saturated carbocycles. The number of nitrogens with two attached hydrogens (primary N) is 1. The summed E-state index contributed by atoms with van der Waals surface area (Å²) in [6.45, 7) is 1.24. The van der Waals surface area contributed by atoms with Gasteiger partial charge in [0.1, 0.15) is 5.82 Å². The first-order chi connectivity index (χ1) is 8.09. The molecule has 0 bridgehead atoms. The quantitative estimate of drug-likeness (QED) is 0.760. The van der Waals surface area contributed by atoms with E-state index in [2.05, 4.69) is 21.2 Å². The fraction of sp³-hybridized carbons (Fsp3) is 0.417. The number of rotatable bonds is 7. The minimum atomic E-state index is -0.275. The van der Waals surface area contributed by atoms with Crippen LogP contribution in [0.4, 0.5) is 4.39 Å². The Labute approximate surface area is 109 Å². The zero-order valence-electron chi connectivity index (χ0n) is 9.51. The molecule has 1 aromatic rings. The molecule has 0 spiro atoms. The number of hydrogen-bond donors (Lipinski definition) is 2. The first-order valence-corrected chi connectivity index (χ1v) is 6.32. The SMILES string of the molecule is NC(=O)CCCCNCc1cc(Br)ccc1F. The van der Waals surface area contributed by atoms with E-state index in [1.54, 1.807) is 12.1 Å². The summed E-state index contributed by atoms with van der Waals surface area (Å²) in [4.78, 5) is 10.5. The van der Waals surface area contributed by atoms with Crippen LogP contribution in [0.1, 0.15) is 24.8 Å². The fourth-order valence-corrected chi connectivity index (χ4v) is 1.86. The molecule has 5 heteroatoms. The molecule has 0 radical (unpaired) electrons. The summed E-state index contributed by atoms with van der Waals surface area (Å²) in [5.41, 5.74) is 5.65. The number of carbonyl (C=O) groups is 1. The molecule has 0 saturated heterocycles. The highest BCUT2D eigenvalue weighted by Gasteiger charge is 2.02. The van der Waals surface area contributed by atoms with E-state index >= 15 is 0 Å². The third-order valence-electron chi connectivity index (χ3n) is 2.35. The van der Waals surface area contributed by atoms with Crippen LogP contribution in [0, 0.1) is 5.82 Å². The van der Waals surface area contributed by atoms with Crippen LogP contribution < -0.4 is 11.1 Å². The van der Waals surface area contributed by atoms with E-state index in [1.807, 2.05) is 0 Å². The van der Waals surface area contributed by atoms with Crippen molar-refractivity contribution >= 4 is 21.8 Å². The smallest absolute Gasteiger partial charge is 0.217 e. The number of carbonyl (C=O) groups excluding carboxylic acids is 1. The topological polar surface area (TPSA) is 55.1 Å². The van der Waals surface area contributed by atoms with Crippen molar-refractivity contribution in [1.29, 1.82) is 0 Å². The Kier molecular flexibility index (Phi) is 6.15. The van der Waals surface area contributed by atoms with E-state index in [9.17, 15) is 9.18 Å². The van der Waals surface area contributed by atoms with Gasteiger partial charge in [0.15, 0.2) is 0 Å². The molecule has 0 atom stereocenters. The third-order valence-corrected chi connectivity index (χ3v) is 2.84. The van der Waals surface area contributed by atoms with Gasteiger partial charge in [0.2, 0.25) is 5.91 Å². The minimum absolute atomic E-state index is 0.210. The largest absolute Gasteiger partial charge is 0.370 e. The van der Waals surface area contributed by atoms with Crippen molar-refractivity contribution in [2.45, 2.75) is 25.8 Å². The number of halogens is 2. The molecule has 0 aliphatic rings. The Bertz CT molecular complexity index is 385. The van der Waals surface area contributed by atoms with E-state index in [0.29, 0.717) is 18.5 Å². The standard InChI is InChI=1S/C12H16BrFN2O/c13-10-4-5-11(14)9(7-10)8-16-6-2-1-3-12(15)17/h4-5,7,16H,1-3,6,8H2,(H2,15,17). The van der Waals surface area contributed by atoms with Gasteiger partial charge in [-0.1, -0.05) is 15.9 Å². The summed E-state index contributed by atoms with van der Waals surface area (Å²) in [5, 5.41) is 3.13. The summed E-state index contributed by atoms with van der Waals surface area (Å²) in [6, 6.07) is 4.87. The molecule has 0 unspecified atom stereocenters. The van der Waals surface area contributed by atoms with Gasteiger partial charge in [-0.25, -0.2) is 4.39 Å². The molecule has 3 N–H and O–H groups in total. The highest BCUT2D eigenvalue weighted by atomic mass is 79.9. The van der Waals surface area contributed by atoms with Crippen molar-refractivity contribution in [3.8, 4) is 0 Å². The Morgan fingerprint density at radius 1 is 1.41 bits per heavy atom. The summed E-state index contributed by atoms with van der Waals surface area (Å²) >= 11 is 3.30. The maximum atomic E-state index is 13.3. The van der Waals surface area contributed by atoms with Crippen molar-refractivity contribution in [1.82, 2.24) is 5.32 Å². The lowest BCUT2D eigenvalue weighted by Gasteiger charge is -2.06. The Morgan fingerprint density at radius 2 is 2.18 bits per heavy atom. The van der Waals surface area contributed by atoms with Gasteiger partial charge in [0.25, 0.3) is 0 Å². The molecule has 0 heterocycles. The first-order valence-electron chi connectivity index (χ1n) is 5.52. The van der Waals surface area contributed by atoms with Gasteiger partial charge in [-0.2, -0.15) is 0 Å². The highest BCUT2D eigenvalue weighted by Crippen LogP contribution is 2.15. The maximum absolute atomic E-state index is 13.3. The summed E-state index contributed by atoms with van der Waals surface area (Å²) in [6.07, 6.45) is 2.04. The predicted octanol–water partition coefficient (Wildman–Crippen LogP) is 2.33. The monoisotopic (exact) mass is 302 g/mol. The van der Waals surface area contributed by atoms with E-state index in [1.165, 1.54) is 6.07 Å². The average Bonchev–Trinajstić information content (AvgIpc) is 2.27. The van der Waals surface area contributed by atoms with Gasteiger partial charge in [0, 0.05) is 23.0 Å². The van der Waals surface area contributed by atoms with Gasteiger partial charge in [-0.3, -0.25) is 4.79 Å². The Balaban J connectivity index is 2.22. The number of hydrogen-bond acceptors (Lipinski definition) is 2. The van der Waals surface area contributed by atoms with Gasteiger partial charge in [-0.05, 0) is 37.6 Å². The minimum Gasteiger partial charge on any atom is -0.370 e. The second-order valence-corrected chi connectivity index (χ2v) is 4.75. The van der Waals surface area contributed by atoms with E-state index < -0.39 is 0 Å². The Hall–Kier alpha value is -0.940. The number of benzene rings is 1. The van der Waals surface area contributed by atoms with Crippen LogP contribution in [0.15, 0.2) is 22.7 Å². The summed E-state index contributed by atoms with van der Waals surface area (Å²) < 4.78 is 14.2. The molecule has 94 valence electrons. The molecule has 0 aromatic heterocycles. The normalized spacial score (nSPS) is 10.5. The van der Waals surface area contributed by atoms with Crippen molar-refractivity contribution in [3.63, 3.8) is 0 Å². The molecule has 0 aliphatic heterocycles. The van der Waals surface area contributed by atoms with Crippen molar-refractivity contribution in [3.05, 3.63) is 34.1 Å². The number of unbranched alkanes of at least 4 members (excludes halogenated alkanes) is 1. The summed E-state index contributed by atoms with van der Waals surface area (Å²) in [5.74, 6) is -0.485. The predicted molar refractivity (Wildman–Crippen MR) is 68.9 cm³/mol. The maximum Gasteiger partial charge on any atom is 0.217 e. The molecule has 17 heavy (non-hydrogen) atoms. The van der Waals surface area contributed by atoms with E-state index in [4.69, 9.17) is 5.73 Å². The van der Waals surface area contributed by atoms with Crippen molar-refractivity contribution in [2.75, 3.05) is 6.54 Å². The second kappa shape index (κ2) is 7.40. The number of amides is 1. The molecular weight excluding hydrogens is 287 g/mol. The molecule has 0 aliphatic carbocycles. The van der Waals surface area contributed by atoms with Gasteiger partial charge < -0.3 is 11.1 Å². The van der Waals surface area contributed by atoms with Crippen LogP contribution in [0.25, 0.3) is 0 Å². The number of primary amides is 1. The van der Waals surface area contributed by atoms with Gasteiger partial charge in [0.05, 0.1) is 0 Å². The van der Waals surface area contributed by atoms with Crippen LogP contribution in [0.3, 0.4) is 0 Å². The van der Waals surface area contributed by atoms with E-state index in [-0.39, 0.29) is 11.7 Å². The molecule has 3 nitrogen and oxygen atoms in total. The van der Waals surface area contributed by atoms with Crippen molar-refractivity contribution in [2.24, 2.45) is 5.73 Å². The first kappa shape index (κ1) is 14.1. The lowest BCUT2D eigenvalue weighted by molar-refractivity contribution is -0.118. The lowest BCUT2D eigenvalue weighted by atomic mass is 10.2. The molecule has 0 fully saturated rings. The third kappa shape index (κ3) is 5.79. The summed E-state index contributed by atoms with van der Waals surface area (Å²) in [7, 11) is 0. The average molecular weight is 303 g/mol. The highest BCUT2D eigenvalue weighted by molar-refractivity contribution is 9.10. The van der Waals surface area contributed by atoms with Crippen molar-refractivity contribution < 1.29 is 9.18 Å². The van der Waals surface area contributed by atoms with Crippen LogP contribution in [-0.2, 0) is 11.3 Å². The van der Waals surface area contributed by atoms with Crippen LogP contribution in [0.2, 0.25) is 0 Å². The Morgan fingerprint density at radius 3 is 2.88 bits per heavy atom.